The quantitative estimate of drug-likeness (QED) is 0.555. The molecule has 8 rings (SSSR count). The highest BCUT2D eigenvalue weighted by atomic mass is 15.7. The van der Waals surface area contributed by atoms with Gasteiger partial charge in [-0.2, -0.15) is 0 Å². The molecule has 2 aromatic heterocycles. The van der Waals surface area contributed by atoms with Crippen molar-refractivity contribution in [1.29, 1.82) is 0 Å². The lowest BCUT2D eigenvalue weighted by Gasteiger charge is -2.41. The molecule has 1 unspecified atom stereocenters. The molecule has 0 fully saturated rings. The molecule has 8 heterocycles. The molecule has 2 aromatic rings. The molecule has 0 bridgehead atoms. The van der Waals surface area contributed by atoms with Gasteiger partial charge >= 0.3 is 5.91 Å². The van der Waals surface area contributed by atoms with E-state index in [4.69, 9.17) is 20.0 Å². The Morgan fingerprint density at radius 1 is 0.545 bits per heavy atom. The molecular formula is C25H32N8+2. The Hall–Kier alpha value is -3.68. The van der Waals surface area contributed by atoms with Crippen molar-refractivity contribution in [3.05, 3.63) is 59.5 Å². The van der Waals surface area contributed by atoms with Gasteiger partial charge in [-0.3, -0.25) is 0 Å². The molecule has 1 spiro atoms. The third kappa shape index (κ3) is 2.52. The lowest BCUT2D eigenvalue weighted by molar-refractivity contribution is -0.791. The van der Waals surface area contributed by atoms with Crippen LogP contribution in [0.2, 0.25) is 0 Å². The second-order valence-corrected chi connectivity index (χ2v) is 6.59. The zero-order chi connectivity index (χ0) is 23.9. The Bertz CT molecular complexity index is 1440. The molecule has 1 atom stereocenters. The van der Waals surface area contributed by atoms with E-state index in [0.29, 0.717) is 0 Å². The summed E-state index contributed by atoms with van der Waals surface area (Å²) in [6.07, 6.45) is 8.10. The molecule has 0 radical (unpaired) electrons. The van der Waals surface area contributed by atoms with Gasteiger partial charge in [0.1, 0.15) is 11.3 Å². The van der Waals surface area contributed by atoms with Crippen molar-refractivity contribution in [3.63, 3.8) is 0 Å². The number of hydrogen-bond donors (Lipinski definition) is 0. The van der Waals surface area contributed by atoms with Gasteiger partial charge in [-0.25, -0.2) is 14.1 Å². The van der Waals surface area contributed by atoms with Gasteiger partial charge in [0.15, 0.2) is 0 Å². The summed E-state index contributed by atoms with van der Waals surface area (Å²) in [5, 5.41) is 0. The van der Waals surface area contributed by atoms with Crippen LogP contribution >= 0.6 is 0 Å². The van der Waals surface area contributed by atoms with Crippen LogP contribution in [0.3, 0.4) is 0 Å². The number of hydrogen-bond acceptors (Lipinski definition) is 4. The average molecular weight is 445 g/mol. The molecule has 0 saturated heterocycles. The molecule has 0 amide bonds. The van der Waals surface area contributed by atoms with Crippen molar-refractivity contribution in [2.45, 2.75) is 61.3 Å². The largest absolute Gasteiger partial charge is 0.402 e. The molecule has 6 aliphatic heterocycles. The molecule has 0 N–H and O–H groups in total. The second kappa shape index (κ2) is 8.35. The van der Waals surface area contributed by atoms with Crippen LogP contribution in [0.4, 0.5) is 11.6 Å². The van der Waals surface area contributed by atoms with Gasteiger partial charge < -0.3 is 0 Å². The fourth-order valence-electron chi connectivity index (χ4n) is 4.66. The predicted octanol–water partition coefficient (Wildman–Crippen LogP) is 3.83. The Morgan fingerprint density at radius 3 is 1.64 bits per heavy atom. The van der Waals surface area contributed by atoms with E-state index >= 15 is 0 Å². The zero-order valence-corrected chi connectivity index (χ0v) is 20.7. The van der Waals surface area contributed by atoms with Crippen LogP contribution in [0.25, 0.3) is 0 Å². The van der Waals surface area contributed by atoms with Crippen molar-refractivity contribution >= 4 is 35.0 Å². The Kier molecular flexibility index (Phi) is 5.69. The van der Waals surface area contributed by atoms with Gasteiger partial charge in [-0.05, 0) is 12.1 Å². The minimum absolute atomic E-state index is 0.683. The fourth-order valence-corrected chi connectivity index (χ4v) is 4.66. The van der Waals surface area contributed by atoms with Crippen molar-refractivity contribution in [1.82, 2.24) is 9.13 Å². The Labute approximate surface area is 194 Å². The first-order chi connectivity index (χ1) is 16.4. The van der Waals surface area contributed by atoms with Crippen LogP contribution in [0, 0.1) is 0 Å². The van der Waals surface area contributed by atoms with Crippen LogP contribution in [0.15, 0.2) is 68.5 Å². The molecule has 170 valence electrons. The summed E-state index contributed by atoms with van der Waals surface area (Å²) in [7, 11) is 0. The third-order valence-electron chi connectivity index (χ3n) is 5.48. The third-order valence-corrected chi connectivity index (χ3v) is 5.48. The summed E-state index contributed by atoms with van der Waals surface area (Å²) in [5.74, 6) is 4.63. The minimum Gasteiger partial charge on any atom is -0.212 e. The van der Waals surface area contributed by atoms with Crippen LogP contribution in [-0.4, -0.2) is 41.6 Å². The first kappa shape index (κ1) is 22.5. The summed E-state index contributed by atoms with van der Waals surface area (Å²) in [6, 6.07) is 8.10. The summed E-state index contributed by atoms with van der Waals surface area (Å²) < 4.78 is 8.71. The molecular weight excluding hydrogens is 412 g/mol. The van der Waals surface area contributed by atoms with Gasteiger partial charge in [0.05, 0.1) is 0 Å². The van der Waals surface area contributed by atoms with Crippen molar-refractivity contribution in [3.8, 4) is 0 Å². The van der Waals surface area contributed by atoms with Crippen LogP contribution in [0.1, 0.15) is 55.4 Å². The lowest BCUT2D eigenvalue weighted by atomic mass is 10.3. The Morgan fingerprint density at radius 2 is 1.03 bits per heavy atom. The second-order valence-electron chi connectivity index (χ2n) is 6.59. The minimum atomic E-state index is -0.683. The van der Waals surface area contributed by atoms with E-state index in [1.54, 1.807) is 0 Å². The average Bonchev–Trinajstić information content (AvgIpc) is 3.68. The Balaban J connectivity index is 0.000000297. The maximum atomic E-state index is 4.82. The number of aliphatic imine (C=N–C) groups is 2. The number of aromatic nitrogens is 2. The standard InChI is InChI=1S/C17H8N8.4C2H6/c1-2-10-19-12-5-6-14-21-16-8-7-15-20-13-4-3-11-18-9(1)22(10)17(23(11)13,24(12)14)25(15)16;4*1-2/h1-8H;4*1-2H3/q+2;;;;. The maximum Gasteiger partial charge on any atom is 0.402 e. The monoisotopic (exact) mass is 444 g/mol. The molecule has 6 aliphatic rings. The number of amidine groups is 4. The van der Waals surface area contributed by atoms with Crippen molar-refractivity contribution < 1.29 is 9.15 Å². The summed E-state index contributed by atoms with van der Waals surface area (Å²) in [5.41, 5.74) is 1.77. The van der Waals surface area contributed by atoms with Gasteiger partial charge in [-0.15, -0.1) is 9.15 Å². The topological polar surface area (TPSA) is 65.3 Å². The van der Waals surface area contributed by atoms with E-state index in [-0.39, 0.29) is 0 Å². The zero-order valence-electron chi connectivity index (χ0n) is 20.7. The van der Waals surface area contributed by atoms with Crippen LogP contribution < -0.4 is 11.0 Å². The highest BCUT2D eigenvalue weighted by Gasteiger charge is 2.64. The van der Waals surface area contributed by atoms with Gasteiger partial charge in [0.2, 0.25) is 11.3 Å². The van der Waals surface area contributed by atoms with Crippen molar-refractivity contribution in [2.24, 2.45) is 20.0 Å². The van der Waals surface area contributed by atoms with E-state index < -0.39 is 5.91 Å². The highest BCUT2D eigenvalue weighted by molar-refractivity contribution is 6.15. The molecule has 8 nitrogen and oxygen atoms in total. The fraction of sp³-hybridized carbons (Fsp3) is 0.360. The van der Waals surface area contributed by atoms with E-state index in [2.05, 4.69) is 18.3 Å². The molecule has 0 aromatic carbocycles. The van der Waals surface area contributed by atoms with E-state index in [0.717, 1.165) is 46.0 Å². The summed E-state index contributed by atoms with van der Waals surface area (Å²) in [4.78, 5) is 19.3. The van der Waals surface area contributed by atoms with E-state index in [9.17, 15) is 0 Å². The maximum absolute atomic E-state index is 4.82. The first-order valence-electron chi connectivity index (χ1n) is 12.1. The predicted molar refractivity (Wildman–Crippen MR) is 133 cm³/mol. The first-order valence-corrected chi connectivity index (χ1v) is 12.1. The molecule has 0 saturated carbocycles. The molecule has 33 heavy (non-hydrogen) atoms. The van der Waals surface area contributed by atoms with Crippen LogP contribution in [-0.2, 0) is 5.91 Å². The van der Waals surface area contributed by atoms with E-state index in [1.807, 2.05) is 104 Å². The molecule has 8 heteroatoms. The molecule has 0 aliphatic carbocycles. The normalized spacial score (nSPS) is 21.2. The lowest BCUT2D eigenvalue weighted by Crippen LogP contribution is -2.71. The van der Waals surface area contributed by atoms with Gasteiger partial charge in [0, 0.05) is 36.4 Å². The van der Waals surface area contributed by atoms with Gasteiger partial charge in [-0.1, -0.05) is 70.4 Å². The van der Waals surface area contributed by atoms with E-state index in [1.165, 1.54) is 0 Å². The summed E-state index contributed by atoms with van der Waals surface area (Å²) in [6.45, 7) is 16.0. The number of nitrogens with zero attached hydrogens (tertiary/aromatic N) is 8. The van der Waals surface area contributed by atoms with Crippen LogP contribution in [0.5, 0.6) is 0 Å². The summed E-state index contributed by atoms with van der Waals surface area (Å²) >= 11 is 0. The smallest absolute Gasteiger partial charge is 0.212 e. The van der Waals surface area contributed by atoms with Crippen molar-refractivity contribution in [2.75, 3.05) is 0 Å². The SMILES string of the molecule is C1=CC2=[N+]3C1=NC1=[N+]4C(=Nc5ccc6n5C43n3c(ccc3=N6)=N2)C=C1.CC.CC.CC.CC. The van der Waals surface area contributed by atoms with Gasteiger partial charge in [0.25, 0.3) is 23.3 Å². The highest BCUT2D eigenvalue weighted by Crippen LogP contribution is 2.43. The number of rotatable bonds is 0.